The molecule has 4 aromatic carbocycles. The van der Waals surface area contributed by atoms with Crippen LogP contribution in [-0.2, 0) is 0 Å². The van der Waals surface area contributed by atoms with Crippen molar-refractivity contribution in [3.63, 3.8) is 0 Å². The summed E-state index contributed by atoms with van der Waals surface area (Å²) in [5.74, 6) is 1.66. The summed E-state index contributed by atoms with van der Waals surface area (Å²) in [5.41, 5.74) is 5.52. The molecule has 44 heavy (non-hydrogen) atoms. The van der Waals surface area contributed by atoms with E-state index in [1.54, 1.807) is 99.2 Å². The monoisotopic (exact) mass is 587 g/mol. The zero-order valence-electron chi connectivity index (χ0n) is 24.3. The maximum atomic E-state index is 17.4. The number of phenols is 1. The van der Waals surface area contributed by atoms with Gasteiger partial charge in [-0.1, -0.05) is 42.0 Å². The van der Waals surface area contributed by atoms with Gasteiger partial charge in [0.05, 0.1) is 25.5 Å². The molecular weight excluding hydrogens is 559 g/mol. The van der Waals surface area contributed by atoms with E-state index in [1.807, 2.05) is 31.2 Å². The maximum Gasteiger partial charge on any atom is 0.642 e. The van der Waals surface area contributed by atoms with Crippen LogP contribution in [0.15, 0.2) is 114 Å². The number of amidine groups is 1. The second-order valence-electron chi connectivity index (χ2n) is 10.8. The van der Waals surface area contributed by atoms with Crippen molar-refractivity contribution < 1.29 is 27.7 Å². The Hall–Kier alpha value is -5.44. The van der Waals surface area contributed by atoms with Gasteiger partial charge in [-0.2, -0.15) is 0 Å². The lowest BCUT2D eigenvalue weighted by molar-refractivity contribution is -0.291. The van der Waals surface area contributed by atoms with Crippen molar-refractivity contribution in [3.05, 3.63) is 126 Å². The molecule has 6 nitrogen and oxygen atoms in total. The average molecular weight is 587 g/mol. The molecule has 1 aromatic heterocycles. The van der Waals surface area contributed by atoms with Gasteiger partial charge in [0.25, 0.3) is 5.84 Å². The van der Waals surface area contributed by atoms with E-state index in [-0.39, 0.29) is 17.4 Å². The van der Waals surface area contributed by atoms with Crippen LogP contribution in [-0.4, -0.2) is 46.8 Å². The number of benzene rings is 4. The molecule has 1 N–H and O–H groups in total. The number of hydrogen-bond donors (Lipinski definition) is 1. The molecule has 2 aliphatic rings. The van der Waals surface area contributed by atoms with E-state index in [4.69, 9.17) is 14.5 Å². The highest BCUT2D eigenvalue weighted by Crippen LogP contribution is 2.46. The van der Waals surface area contributed by atoms with Crippen LogP contribution in [0.4, 0.5) is 14.4 Å². The third-order valence-corrected chi connectivity index (χ3v) is 8.16. The third kappa shape index (κ3) is 4.40. The second-order valence-corrected chi connectivity index (χ2v) is 10.8. The highest BCUT2D eigenvalue weighted by atomic mass is 19.2. The van der Waals surface area contributed by atoms with Crippen LogP contribution in [0.2, 0.25) is 0 Å². The fraction of sp³-hybridized carbons (Fsp3) is 0.0857. The number of aromatic hydroxyl groups is 1. The second kappa shape index (κ2) is 10.4. The molecule has 3 heterocycles. The Labute approximate surface area is 253 Å². The average Bonchev–Trinajstić information content (AvgIpc) is 3.63. The number of ether oxygens (including phenoxy) is 2. The molecular formula is C35H28BF2N3O3. The topological polar surface area (TPSA) is 59.0 Å². The molecule has 0 unspecified atom stereocenters. The summed E-state index contributed by atoms with van der Waals surface area (Å²) in [6.07, 6.45) is 1.74. The summed E-state index contributed by atoms with van der Waals surface area (Å²) in [5, 5.41) is 9.95. The Morgan fingerprint density at radius 2 is 1.27 bits per heavy atom. The fourth-order valence-electron chi connectivity index (χ4n) is 5.87. The number of phenolic OH excluding ortho intramolecular Hbond substituents is 1. The normalized spacial score (nSPS) is 14.9. The van der Waals surface area contributed by atoms with Crippen molar-refractivity contribution >= 4 is 29.9 Å². The summed E-state index contributed by atoms with van der Waals surface area (Å²) in [7, 11) is 3.13. The number of methoxy groups -OCH3 is 2. The van der Waals surface area contributed by atoms with Gasteiger partial charge in [-0.25, -0.2) is 0 Å². The Morgan fingerprint density at radius 1 is 0.727 bits per heavy atom. The number of allylic oxidation sites excluding steroid dienone is 1. The van der Waals surface area contributed by atoms with Crippen LogP contribution in [0.25, 0.3) is 28.0 Å². The Morgan fingerprint density at radius 3 is 1.86 bits per heavy atom. The summed E-state index contributed by atoms with van der Waals surface area (Å²) in [4.78, 5) is 5.01. The predicted octanol–water partition coefficient (Wildman–Crippen LogP) is 7.72. The number of aromatic nitrogens is 1. The number of halogens is 2. The molecule has 0 saturated heterocycles. The molecule has 0 saturated carbocycles. The van der Waals surface area contributed by atoms with Crippen LogP contribution in [0.5, 0.6) is 17.2 Å². The minimum atomic E-state index is -4.46. The predicted molar refractivity (Wildman–Crippen MR) is 171 cm³/mol. The molecule has 0 atom stereocenters. The summed E-state index contributed by atoms with van der Waals surface area (Å²) >= 11 is 0. The van der Waals surface area contributed by atoms with Gasteiger partial charge in [-0.05, 0) is 101 Å². The molecule has 0 aliphatic carbocycles. The van der Waals surface area contributed by atoms with Crippen molar-refractivity contribution in [1.29, 1.82) is 0 Å². The largest absolute Gasteiger partial charge is 0.642 e. The number of fused-ring (bicyclic) bond motifs is 2. The van der Waals surface area contributed by atoms with Gasteiger partial charge in [0.15, 0.2) is 0 Å². The van der Waals surface area contributed by atoms with Crippen LogP contribution < -0.4 is 9.47 Å². The molecule has 0 spiro atoms. The van der Waals surface area contributed by atoms with E-state index < -0.39 is 6.97 Å². The van der Waals surface area contributed by atoms with E-state index >= 15 is 8.63 Å². The molecule has 7 rings (SSSR count). The lowest BCUT2D eigenvalue weighted by Gasteiger charge is -2.32. The summed E-state index contributed by atoms with van der Waals surface area (Å²) in [6, 6.07) is 30.2. The first-order chi connectivity index (χ1) is 21.3. The van der Waals surface area contributed by atoms with E-state index in [0.29, 0.717) is 50.7 Å². The summed E-state index contributed by atoms with van der Waals surface area (Å²) < 4.78 is 47.6. The van der Waals surface area contributed by atoms with Gasteiger partial charge < -0.3 is 32.2 Å². The maximum absolute atomic E-state index is 17.4. The van der Waals surface area contributed by atoms with Crippen molar-refractivity contribution in [2.75, 3.05) is 14.2 Å². The highest BCUT2D eigenvalue weighted by Gasteiger charge is 2.53. The van der Waals surface area contributed by atoms with Gasteiger partial charge in [-0.15, -0.1) is 0 Å². The lowest BCUT2D eigenvalue weighted by Crippen LogP contribution is -2.53. The number of nitrogens with zero attached hydrogens (tertiary/aromatic N) is 3. The minimum absolute atomic E-state index is 0.0864. The van der Waals surface area contributed by atoms with Gasteiger partial charge in [-0.3, -0.25) is 0 Å². The molecule has 0 bridgehead atoms. The number of hydrogen-bond acceptors (Lipinski definition) is 4. The van der Waals surface area contributed by atoms with E-state index in [2.05, 4.69) is 0 Å². The Bertz CT molecular complexity index is 1990. The fourth-order valence-corrected chi connectivity index (χ4v) is 5.87. The molecule has 218 valence electrons. The Balaban J connectivity index is 1.53. The van der Waals surface area contributed by atoms with Crippen LogP contribution in [0.3, 0.4) is 0 Å². The molecule has 9 heteroatoms. The van der Waals surface area contributed by atoms with Crippen LogP contribution >= 0.6 is 0 Å². The highest BCUT2D eigenvalue weighted by molar-refractivity contribution is 6.63. The van der Waals surface area contributed by atoms with E-state index in [1.165, 1.54) is 0 Å². The van der Waals surface area contributed by atoms with E-state index in [9.17, 15) is 5.11 Å². The third-order valence-electron chi connectivity index (χ3n) is 8.16. The number of rotatable bonds is 6. The summed E-state index contributed by atoms with van der Waals surface area (Å²) in [6.45, 7) is -2.47. The molecule has 5 aromatic rings. The first-order valence-corrected chi connectivity index (χ1v) is 14.2. The van der Waals surface area contributed by atoms with Gasteiger partial charge >= 0.3 is 6.97 Å². The standard InChI is InChI=1S/C35H28BF2N3O3/c1-22-4-6-23(7-5-22)30-20-32(25-10-16-28(43-2)17-11-25)40-34(30)39-35-31(24-8-14-27(42)15-9-24)21-33(41(35)36(40,37)38)26-12-18-29(44-3)19-13-26/h4-21,42H,1-3H3. The van der Waals surface area contributed by atoms with Gasteiger partial charge in [0, 0.05) is 16.8 Å². The SMILES string of the molecule is COc1ccc(C2=[N+]3C(=Nc4c(-c5ccc(C)cc5)cc(-c5ccc(OC)cc5)n4[B-]3(F)F)C(c3ccc(O)cc3)=C2)cc1. The van der Waals surface area contributed by atoms with Crippen LogP contribution in [0, 0.1) is 6.92 Å². The first-order valence-electron chi connectivity index (χ1n) is 14.2. The zero-order chi connectivity index (χ0) is 30.6. The smallest absolute Gasteiger partial charge is 0.508 e. The van der Waals surface area contributed by atoms with Gasteiger partial charge in [0.2, 0.25) is 5.82 Å². The number of aryl methyl sites for hydroxylation is 1. The molecule has 0 radical (unpaired) electrons. The quantitative estimate of drug-likeness (QED) is 0.207. The molecule has 2 aliphatic heterocycles. The van der Waals surface area contributed by atoms with E-state index in [0.717, 1.165) is 20.1 Å². The van der Waals surface area contributed by atoms with Crippen molar-refractivity contribution in [2.24, 2.45) is 4.99 Å². The van der Waals surface area contributed by atoms with Gasteiger partial charge in [0.1, 0.15) is 17.2 Å². The zero-order valence-corrected chi connectivity index (χ0v) is 24.3. The first kappa shape index (κ1) is 27.4. The molecule has 0 amide bonds. The van der Waals surface area contributed by atoms with Crippen LogP contribution in [0.1, 0.15) is 16.7 Å². The molecule has 0 fully saturated rings. The van der Waals surface area contributed by atoms with Crippen molar-refractivity contribution in [3.8, 4) is 39.6 Å². The lowest BCUT2D eigenvalue weighted by atomic mass is 9.90. The number of aliphatic imine (C=N–C) groups is 1. The minimum Gasteiger partial charge on any atom is -0.508 e. The van der Waals surface area contributed by atoms with Crippen molar-refractivity contribution in [2.45, 2.75) is 6.92 Å². The van der Waals surface area contributed by atoms with Crippen molar-refractivity contribution in [1.82, 2.24) is 4.48 Å². The Kier molecular flexibility index (Phi) is 6.46.